The number of nitrogens with one attached hydrogen (secondary N) is 4. The summed E-state index contributed by atoms with van der Waals surface area (Å²) in [7, 11) is 0. The van der Waals surface area contributed by atoms with Gasteiger partial charge in [-0.1, -0.05) is 29.8 Å². The second-order valence-electron chi connectivity index (χ2n) is 6.85. The fourth-order valence-electron chi connectivity index (χ4n) is 3.24. The molecule has 3 aromatic heterocycles. The summed E-state index contributed by atoms with van der Waals surface area (Å²) in [5.74, 6) is -0.133. The van der Waals surface area contributed by atoms with Gasteiger partial charge in [0.1, 0.15) is 11.3 Å². The van der Waals surface area contributed by atoms with E-state index in [1.807, 2.05) is 38.1 Å². The lowest BCUT2D eigenvalue weighted by Gasteiger charge is -2.08. The molecule has 0 spiro atoms. The number of anilines is 1. The van der Waals surface area contributed by atoms with Crippen LogP contribution in [0.4, 0.5) is 5.82 Å². The predicted octanol–water partition coefficient (Wildman–Crippen LogP) is 2.18. The smallest absolute Gasteiger partial charge is 0.303 e. The van der Waals surface area contributed by atoms with E-state index in [4.69, 9.17) is 0 Å². The van der Waals surface area contributed by atoms with Crippen molar-refractivity contribution in [3.05, 3.63) is 73.7 Å². The summed E-state index contributed by atoms with van der Waals surface area (Å²) in [4.78, 5) is 45.1. The molecule has 0 atom stereocenters. The number of pyridine rings is 1. The maximum atomic E-state index is 12.8. The van der Waals surface area contributed by atoms with Gasteiger partial charge < -0.3 is 5.32 Å². The van der Waals surface area contributed by atoms with Crippen LogP contribution in [0.3, 0.4) is 0 Å². The van der Waals surface area contributed by atoms with Crippen molar-refractivity contribution in [3.63, 3.8) is 0 Å². The molecule has 0 fully saturated rings. The highest BCUT2D eigenvalue weighted by Gasteiger charge is 2.18. The van der Waals surface area contributed by atoms with Gasteiger partial charge in [-0.05, 0) is 38.0 Å². The standard InChI is InChI=1S/C20H18N6O3/c1-9-4-6-12(7-5-9)15-11(3)25-26-17(15)22-18(27)13-8-10(2)14-16(21-13)23-20(29)24-19(14)28/h4-8H,1-3H3,(H2,22,25,26,27)(H2,21,23,24,28,29). The maximum Gasteiger partial charge on any atom is 0.327 e. The Hall–Kier alpha value is -4.01. The number of aryl methyl sites for hydroxylation is 3. The number of hydrogen-bond donors (Lipinski definition) is 4. The molecule has 4 N–H and O–H groups in total. The second kappa shape index (κ2) is 6.86. The molecule has 29 heavy (non-hydrogen) atoms. The Morgan fingerprint density at radius 3 is 2.48 bits per heavy atom. The number of H-pyrrole nitrogens is 3. The quantitative estimate of drug-likeness (QED) is 0.425. The molecule has 0 bridgehead atoms. The number of aromatic nitrogens is 5. The topological polar surface area (TPSA) is 136 Å². The molecule has 0 saturated heterocycles. The fraction of sp³-hybridized carbons (Fsp3) is 0.150. The Morgan fingerprint density at radius 1 is 1.03 bits per heavy atom. The molecule has 0 radical (unpaired) electrons. The number of hydrogen-bond acceptors (Lipinski definition) is 5. The third-order valence-corrected chi connectivity index (χ3v) is 4.65. The van der Waals surface area contributed by atoms with E-state index in [0.29, 0.717) is 11.4 Å². The van der Waals surface area contributed by atoms with Crippen LogP contribution in [0.5, 0.6) is 0 Å². The minimum Gasteiger partial charge on any atom is -0.303 e. The van der Waals surface area contributed by atoms with Crippen LogP contribution < -0.4 is 16.6 Å². The van der Waals surface area contributed by atoms with Crippen LogP contribution in [0, 0.1) is 20.8 Å². The summed E-state index contributed by atoms with van der Waals surface area (Å²) in [6.45, 7) is 5.54. The molecule has 0 saturated carbocycles. The Balaban J connectivity index is 1.73. The van der Waals surface area contributed by atoms with Crippen molar-refractivity contribution in [2.75, 3.05) is 5.32 Å². The zero-order valence-electron chi connectivity index (χ0n) is 16.0. The zero-order valence-corrected chi connectivity index (χ0v) is 16.0. The lowest BCUT2D eigenvalue weighted by molar-refractivity contribution is 0.102. The normalized spacial score (nSPS) is 11.0. The molecule has 1 aromatic carbocycles. The van der Waals surface area contributed by atoms with E-state index in [1.165, 1.54) is 6.07 Å². The van der Waals surface area contributed by atoms with E-state index < -0.39 is 17.2 Å². The summed E-state index contributed by atoms with van der Waals surface area (Å²) in [5, 5.41) is 10.1. The number of carbonyl (C=O) groups is 1. The molecular weight excluding hydrogens is 372 g/mol. The highest BCUT2D eigenvalue weighted by molar-refractivity contribution is 6.05. The summed E-state index contributed by atoms with van der Waals surface area (Å²) in [6.07, 6.45) is 0. The van der Waals surface area contributed by atoms with E-state index >= 15 is 0 Å². The summed E-state index contributed by atoms with van der Waals surface area (Å²) in [5.41, 5.74) is 3.03. The van der Waals surface area contributed by atoms with Crippen LogP contribution in [0.2, 0.25) is 0 Å². The molecule has 3 heterocycles. The summed E-state index contributed by atoms with van der Waals surface area (Å²) < 4.78 is 0. The Kier molecular flexibility index (Phi) is 4.34. The van der Waals surface area contributed by atoms with Crippen LogP contribution in [-0.4, -0.2) is 31.1 Å². The number of rotatable bonds is 3. The first-order valence-electron chi connectivity index (χ1n) is 8.91. The predicted molar refractivity (Wildman–Crippen MR) is 109 cm³/mol. The van der Waals surface area contributed by atoms with E-state index in [1.54, 1.807) is 6.92 Å². The zero-order chi connectivity index (χ0) is 20.7. The van der Waals surface area contributed by atoms with Gasteiger partial charge in [-0.2, -0.15) is 5.10 Å². The Bertz CT molecular complexity index is 1360. The van der Waals surface area contributed by atoms with Gasteiger partial charge in [0.05, 0.1) is 5.39 Å². The van der Waals surface area contributed by atoms with Crippen molar-refractivity contribution in [1.82, 2.24) is 25.1 Å². The average Bonchev–Trinajstić information content (AvgIpc) is 3.01. The van der Waals surface area contributed by atoms with Crippen LogP contribution >= 0.6 is 0 Å². The monoisotopic (exact) mass is 390 g/mol. The lowest BCUT2D eigenvalue weighted by atomic mass is 10.0. The van der Waals surface area contributed by atoms with Gasteiger partial charge in [0.15, 0.2) is 5.82 Å². The lowest BCUT2D eigenvalue weighted by Crippen LogP contribution is -2.24. The minimum absolute atomic E-state index is 0.0564. The molecule has 1 amide bonds. The van der Waals surface area contributed by atoms with Crippen molar-refractivity contribution in [2.24, 2.45) is 0 Å². The number of nitrogens with zero attached hydrogens (tertiary/aromatic N) is 2. The number of fused-ring (bicyclic) bond motifs is 1. The van der Waals surface area contributed by atoms with Crippen molar-refractivity contribution in [3.8, 4) is 11.1 Å². The molecule has 9 nitrogen and oxygen atoms in total. The molecule has 0 unspecified atom stereocenters. The minimum atomic E-state index is -0.684. The largest absolute Gasteiger partial charge is 0.327 e. The number of carbonyl (C=O) groups excluding carboxylic acids is 1. The van der Waals surface area contributed by atoms with Gasteiger partial charge >= 0.3 is 5.69 Å². The van der Waals surface area contributed by atoms with E-state index in [2.05, 4.69) is 30.5 Å². The first-order chi connectivity index (χ1) is 13.8. The van der Waals surface area contributed by atoms with Gasteiger partial charge in [0.25, 0.3) is 11.5 Å². The van der Waals surface area contributed by atoms with Gasteiger partial charge in [0, 0.05) is 11.3 Å². The van der Waals surface area contributed by atoms with E-state index in [9.17, 15) is 14.4 Å². The van der Waals surface area contributed by atoms with Crippen LogP contribution in [0.25, 0.3) is 22.2 Å². The summed E-state index contributed by atoms with van der Waals surface area (Å²) in [6, 6.07) is 9.37. The molecule has 146 valence electrons. The molecule has 0 aliphatic carbocycles. The van der Waals surface area contributed by atoms with Crippen LogP contribution in [0.1, 0.15) is 27.3 Å². The van der Waals surface area contributed by atoms with Gasteiger partial charge in [0.2, 0.25) is 0 Å². The molecule has 0 aliphatic heterocycles. The number of amides is 1. The highest BCUT2D eigenvalue weighted by atomic mass is 16.2. The van der Waals surface area contributed by atoms with Crippen molar-refractivity contribution in [1.29, 1.82) is 0 Å². The first kappa shape index (κ1) is 18.4. The highest BCUT2D eigenvalue weighted by Crippen LogP contribution is 2.30. The van der Waals surface area contributed by atoms with Gasteiger partial charge in [-0.3, -0.25) is 24.7 Å². The number of aromatic amines is 3. The molecular formula is C20H18N6O3. The average molecular weight is 390 g/mol. The third-order valence-electron chi connectivity index (χ3n) is 4.65. The van der Waals surface area contributed by atoms with Crippen LogP contribution in [0.15, 0.2) is 39.9 Å². The van der Waals surface area contributed by atoms with Gasteiger partial charge in [-0.25, -0.2) is 9.78 Å². The molecule has 0 aliphatic rings. The van der Waals surface area contributed by atoms with Gasteiger partial charge in [-0.15, -0.1) is 0 Å². The molecule has 9 heteroatoms. The van der Waals surface area contributed by atoms with Crippen LogP contribution in [-0.2, 0) is 0 Å². The molecule has 4 aromatic rings. The van der Waals surface area contributed by atoms with Crippen molar-refractivity contribution < 1.29 is 4.79 Å². The number of benzene rings is 1. The van der Waals surface area contributed by atoms with Crippen molar-refractivity contribution in [2.45, 2.75) is 20.8 Å². The van der Waals surface area contributed by atoms with E-state index in [-0.39, 0.29) is 16.7 Å². The van der Waals surface area contributed by atoms with Crippen molar-refractivity contribution >= 4 is 22.8 Å². The first-order valence-corrected chi connectivity index (χ1v) is 8.91. The second-order valence-corrected chi connectivity index (χ2v) is 6.85. The Labute approximate surface area is 164 Å². The SMILES string of the molecule is Cc1ccc(-c2c(NC(=O)c3cc(C)c4c(=O)[nH]c(=O)[nH]c4n3)n[nH]c2C)cc1. The fourth-order valence-corrected chi connectivity index (χ4v) is 3.24. The Morgan fingerprint density at radius 2 is 1.76 bits per heavy atom. The molecule has 4 rings (SSSR count). The third kappa shape index (κ3) is 3.33. The summed E-state index contributed by atoms with van der Waals surface area (Å²) >= 11 is 0. The van der Waals surface area contributed by atoms with E-state index in [0.717, 1.165) is 22.4 Å². The maximum absolute atomic E-state index is 12.8.